The van der Waals surface area contributed by atoms with Gasteiger partial charge in [0.05, 0.1) is 0 Å². The summed E-state index contributed by atoms with van der Waals surface area (Å²) in [5, 5.41) is 0.806. The first kappa shape index (κ1) is 17.7. The minimum atomic E-state index is -0.663. The molecule has 1 heterocycles. The van der Waals surface area contributed by atoms with Crippen molar-refractivity contribution in [2.45, 2.75) is 13.0 Å². The van der Waals surface area contributed by atoms with Crippen molar-refractivity contribution < 1.29 is 13.9 Å². The van der Waals surface area contributed by atoms with Crippen LogP contribution in [0.2, 0.25) is 0 Å². The molecule has 1 aromatic heterocycles. The van der Waals surface area contributed by atoms with E-state index in [4.69, 9.17) is 9.15 Å². The van der Waals surface area contributed by atoms with E-state index in [2.05, 4.69) is 0 Å². The van der Waals surface area contributed by atoms with Crippen molar-refractivity contribution in [1.82, 2.24) is 0 Å². The van der Waals surface area contributed by atoms with E-state index in [0.29, 0.717) is 16.9 Å². The van der Waals surface area contributed by atoms with Gasteiger partial charge in [-0.15, -0.1) is 0 Å². The molecular weight excluding hydrogens is 352 g/mol. The predicted octanol–water partition coefficient (Wildman–Crippen LogP) is 5.11. The fourth-order valence-corrected chi connectivity index (χ4v) is 3.17. The van der Waals surface area contributed by atoms with Gasteiger partial charge in [-0.3, -0.25) is 4.79 Å². The van der Waals surface area contributed by atoms with E-state index in [9.17, 15) is 9.59 Å². The van der Waals surface area contributed by atoms with Crippen molar-refractivity contribution in [2.75, 3.05) is 0 Å². The summed E-state index contributed by atoms with van der Waals surface area (Å²) in [6, 6.07) is 25.4. The third-order valence-electron chi connectivity index (χ3n) is 4.54. The second-order valence-electron chi connectivity index (χ2n) is 6.49. The van der Waals surface area contributed by atoms with Crippen molar-refractivity contribution in [2.24, 2.45) is 0 Å². The van der Waals surface area contributed by atoms with Gasteiger partial charge in [0.25, 0.3) is 0 Å². The van der Waals surface area contributed by atoms with Crippen LogP contribution in [0.4, 0.5) is 0 Å². The summed E-state index contributed by atoms with van der Waals surface area (Å²) < 4.78 is 11.2. The molecular formula is C24H18O4. The predicted molar refractivity (Wildman–Crippen MR) is 109 cm³/mol. The van der Waals surface area contributed by atoms with Crippen LogP contribution in [0, 0.1) is 0 Å². The first-order chi connectivity index (χ1) is 13.6. The van der Waals surface area contributed by atoms with Crippen LogP contribution < -0.4 is 10.4 Å². The monoisotopic (exact) mass is 370 g/mol. The van der Waals surface area contributed by atoms with Gasteiger partial charge in [0, 0.05) is 23.1 Å². The van der Waals surface area contributed by atoms with Gasteiger partial charge in [-0.05, 0) is 30.2 Å². The second kappa shape index (κ2) is 7.53. The highest BCUT2D eigenvalue weighted by Crippen LogP contribution is 2.30. The van der Waals surface area contributed by atoms with Crippen molar-refractivity contribution in [3.63, 3.8) is 0 Å². The Labute approximate surface area is 162 Å². The Morgan fingerprint density at radius 3 is 2.29 bits per heavy atom. The van der Waals surface area contributed by atoms with Crippen LogP contribution in [0.3, 0.4) is 0 Å². The van der Waals surface area contributed by atoms with Gasteiger partial charge in [-0.2, -0.15) is 0 Å². The second-order valence-corrected chi connectivity index (χ2v) is 6.49. The van der Waals surface area contributed by atoms with E-state index in [1.165, 1.54) is 6.07 Å². The summed E-state index contributed by atoms with van der Waals surface area (Å²) in [6.07, 6.45) is -0.663. The molecule has 0 aliphatic carbocycles. The smallest absolute Gasteiger partial charge is 0.336 e. The third-order valence-corrected chi connectivity index (χ3v) is 4.54. The molecule has 0 fully saturated rings. The van der Waals surface area contributed by atoms with Gasteiger partial charge in [0.15, 0.2) is 6.10 Å². The standard InChI is InChI=1S/C24H18O4/c1-16(24(26)18-10-6-3-7-11-18)27-19-12-13-20-21(17-8-4-2-5-9-17)15-23(25)28-22(20)14-19/h2-16H,1H3. The Morgan fingerprint density at radius 2 is 1.57 bits per heavy atom. The number of ether oxygens (including phenoxy) is 1. The van der Waals surface area contributed by atoms with Crippen molar-refractivity contribution >= 4 is 16.8 Å². The quantitative estimate of drug-likeness (QED) is 0.362. The number of hydrogen-bond donors (Lipinski definition) is 0. The molecule has 0 amide bonds. The average molecular weight is 370 g/mol. The molecule has 1 unspecified atom stereocenters. The van der Waals surface area contributed by atoms with Gasteiger partial charge in [-0.25, -0.2) is 4.79 Å². The number of rotatable bonds is 5. The highest BCUT2D eigenvalue weighted by atomic mass is 16.5. The Bertz CT molecular complexity index is 1180. The molecule has 1 atom stereocenters. The van der Waals surface area contributed by atoms with Crippen LogP contribution in [-0.4, -0.2) is 11.9 Å². The maximum Gasteiger partial charge on any atom is 0.336 e. The minimum Gasteiger partial charge on any atom is -0.482 e. The van der Waals surface area contributed by atoms with E-state index in [1.807, 2.05) is 54.6 Å². The summed E-state index contributed by atoms with van der Waals surface area (Å²) in [6.45, 7) is 1.70. The van der Waals surface area contributed by atoms with Crippen LogP contribution in [0.25, 0.3) is 22.1 Å². The fourth-order valence-electron chi connectivity index (χ4n) is 3.17. The molecule has 0 aliphatic rings. The molecule has 3 aromatic carbocycles. The molecule has 0 radical (unpaired) electrons. The van der Waals surface area contributed by atoms with Crippen molar-refractivity contribution in [3.8, 4) is 16.9 Å². The van der Waals surface area contributed by atoms with Gasteiger partial charge in [0.1, 0.15) is 11.3 Å². The maximum atomic E-state index is 12.5. The van der Waals surface area contributed by atoms with Crippen molar-refractivity contribution in [1.29, 1.82) is 0 Å². The molecule has 0 saturated heterocycles. The Balaban J connectivity index is 1.67. The molecule has 0 saturated carbocycles. The summed E-state index contributed by atoms with van der Waals surface area (Å²) in [5.74, 6) is 0.359. The van der Waals surface area contributed by atoms with Gasteiger partial charge >= 0.3 is 5.63 Å². The zero-order valence-electron chi connectivity index (χ0n) is 15.3. The Morgan fingerprint density at radius 1 is 0.893 bits per heavy atom. The molecule has 0 bridgehead atoms. The molecule has 4 heteroatoms. The molecule has 28 heavy (non-hydrogen) atoms. The van der Waals surface area contributed by atoms with Crippen molar-refractivity contribution in [3.05, 3.63) is 101 Å². The number of fused-ring (bicyclic) bond motifs is 1. The topological polar surface area (TPSA) is 56.5 Å². The van der Waals surface area contributed by atoms with Crippen LogP contribution in [0.5, 0.6) is 5.75 Å². The normalized spacial score (nSPS) is 11.9. The van der Waals surface area contributed by atoms with E-state index >= 15 is 0 Å². The minimum absolute atomic E-state index is 0.111. The summed E-state index contributed by atoms with van der Waals surface area (Å²) >= 11 is 0. The lowest BCUT2D eigenvalue weighted by molar-refractivity contribution is 0.0818. The lowest BCUT2D eigenvalue weighted by atomic mass is 10.0. The largest absolute Gasteiger partial charge is 0.482 e. The van der Waals surface area contributed by atoms with E-state index < -0.39 is 11.7 Å². The fraction of sp³-hybridized carbons (Fsp3) is 0.0833. The molecule has 0 aliphatic heterocycles. The zero-order valence-corrected chi connectivity index (χ0v) is 15.3. The average Bonchev–Trinajstić information content (AvgIpc) is 2.73. The van der Waals surface area contributed by atoms with Crippen LogP contribution in [-0.2, 0) is 0 Å². The summed E-state index contributed by atoms with van der Waals surface area (Å²) in [4.78, 5) is 24.6. The van der Waals surface area contributed by atoms with Gasteiger partial charge in [0.2, 0.25) is 5.78 Å². The molecule has 0 spiro atoms. The molecule has 4 nitrogen and oxygen atoms in total. The molecule has 0 N–H and O–H groups in total. The summed E-state index contributed by atoms with van der Waals surface area (Å²) in [5.41, 5.74) is 2.31. The first-order valence-corrected chi connectivity index (χ1v) is 9.01. The number of carbonyl (C=O) groups is 1. The number of Topliss-reactive ketones (excluding diaryl/α,β-unsaturated/α-hetero) is 1. The maximum absolute atomic E-state index is 12.5. The number of carbonyl (C=O) groups excluding carboxylic acids is 1. The highest BCUT2D eigenvalue weighted by molar-refractivity contribution is 5.99. The summed E-state index contributed by atoms with van der Waals surface area (Å²) in [7, 11) is 0. The first-order valence-electron chi connectivity index (χ1n) is 9.01. The lowest BCUT2D eigenvalue weighted by Gasteiger charge is -2.14. The lowest BCUT2D eigenvalue weighted by Crippen LogP contribution is -2.23. The van der Waals surface area contributed by atoms with Crippen LogP contribution in [0.1, 0.15) is 17.3 Å². The van der Waals surface area contributed by atoms with E-state index in [0.717, 1.165) is 16.5 Å². The number of benzene rings is 3. The highest BCUT2D eigenvalue weighted by Gasteiger charge is 2.17. The Hall–Kier alpha value is -3.66. The van der Waals surface area contributed by atoms with E-state index in [1.54, 1.807) is 31.2 Å². The zero-order chi connectivity index (χ0) is 19.5. The number of ketones is 1. The third kappa shape index (κ3) is 3.58. The SMILES string of the molecule is CC(Oc1ccc2c(-c3ccccc3)cc(=O)oc2c1)C(=O)c1ccccc1. The van der Waals surface area contributed by atoms with Gasteiger partial charge in [-0.1, -0.05) is 60.7 Å². The molecule has 4 aromatic rings. The Kier molecular flexibility index (Phi) is 4.77. The van der Waals surface area contributed by atoms with Crippen LogP contribution in [0.15, 0.2) is 94.1 Å². The van der Waals surface area contributed by atoms with Gasteiger partial charge < -0.3 is 9.15 Å². The molecule has 4 rings (SSSR count). The van der Waals surface area contributed by atoms with E-state index in [-0.39, 0.29) is 5.78 Å². The van der Waals surface area contributed by atoms with Crippen LogP contribution >= 0.6 is 0 Å². The molecule has 138 valence electrons. The number of hydrogen-bond acceptors (Lipinski definition) is 4.